The Morgan fingerprint density at radius 2 is 1.88 bits per heavy atom. The van der Waals surface area contributed by atoms with E-state index in [0.717, 1.165) is 34.0 Å². The maximum Gasteiger partial charge on any atom is 0.220 e. The van der Waals surface area contributed by atoms with Crippen molar-refractivity contribution in [1.82, 2.24) is 10.6 Å². The van der Waals surface area contributed by atoms with Gasteiger partial charge in [0.2, 0.25) is 5.91 Å². The number of amides is 1. The summed E-state index contributed by atoms with van der Waals surface area (Å²) in [4.78, 5) is 26.4. The zero-order valence-electron chi connectivity index (χ0n) is 14.5. The Kier molecular flexibility index (Phi) is 6.76. The Balaban J connectivity index is 0.00000225. The number of hydrogen-bond acceptors (Lipinski definition) is 4. The van der Waals surface area contributed by atoms with Crippen LogP contribution in [-0.2, 0) is 24.4 Å². The fourth-order valence-electron chi connectivity index (χ4n) is 3.02. The van der Waals surface area contributed by atoms with E-state index < -0.39 is 0 Å². The fraction of sp³-hybridized carbons (Fsp3) is 0.368. The lowest BCUT2D eigenvalue weighted by Crippen LogP contribution is -2.23. The van der Waals surface area contributed by atoms with Crippen LogP contribution in [0.1, 0.15) is 49.6 Å². The minimum absolute atomic E-state index is 0. The van der Waals surface area contributed by atoms with E-state index in [9.17, 15) is 9.59 Å². The summed E-state index contributed by atoms with van der Waals surface area (Å²) in [5.74, 6) is -0.0258. The van der Waals surface area contributed by atoms with Gasteiger partial charge in [-0.05, 0) is 36.6 Å². The Hall–Kier alpha value is -1.69. The van der Waals surface area contributed by atoms with Crippen LogP contribution >= 0.6 is 23.7 Å². The molecule has 1 aliphatic rings. The third-order valence-electron chi connectivity index (χ3n) is 4.31. The first kappa shape index (κ1) is 19.6. The summed E-state index contributed by atoms with van der Waals surface area (Å²) >= 11 is 1.62. The van der Waals surface area contributed by atoms with E-state index in [2.05, 4.69) is 28.8 Å². The Bertz CT molecular complexity index is 786. The maximum absolute atomic E-state index is 12.2. The normalized spacial score (nSPS) is 12.4. The highest BCUT2D eigenvalue weighted by molar-refractivity contribution is 7.12. The fourth-order valence-corrected chi connectivity index (χ4v) is 3.96. The van der Waals surface area contributed by atoms with Crippen molar-refractivity contribution in [3.63, 3.8) is 0 Å². The van der Waals surface area contributed by atoms with E-state index in [0.29, 0.717) is 6.54 Å². The van der Waals surface area contributed by atoms with E-state index in [1.165, 1.54) is 11.1 Å². The second-order valence-corrected chi connectivity index (χ2v) is 7.69. The van der Waals surface area contributed by atoms with Crippen molar-refractivity contribution in [3.05, 3.63) is 56.3 Å². The Morgan fingerprint density at radius 3 is 2.60 bits per heavy atom. The van der Waals surface area contributed by atoms with Gasteiger partial charge in [0.15, 0.2) is 5.78 Å². The Morgan fingerprint density at radius 1 is 1.12 bits per heavy atom. The zero-order chi connectivity index (χ0) is 17.1. The third-order valence-corrected chi connectivity index (χ3v) is 5.28. The molecule has 2 N–H and O–H groups in total. The summed E-state index contributed by atoms with van der Waals surface area (Å²) in [7, 11) is 0. The molecular weight excluding hydrogens is 356 g/mol. The van der Waals surface area contributed by atoms with E-state index >= 15 is 0 Å². The number of aryl methyl sites for hydroxylation is 2. The molecule has 0 saturated heterocycles. The number of ketones is 1. The smallest absolute Gasteiger partial charge is 0.220 e. The first-order valence-electron chi connectivity index (χ1n) is 8.21. The van der Waals surface area contributed by atoms with Crippen LogP contribution in [0.2, 0.25) is 0 Å². The van der Waals surface area contributed by atoms with Gasteiger partial charge in [0.1, 0.15) is 0 Å². The van der Waals surface area contributed by atoms with Crippen molar-refractivity contribution in [2.24, 2.45) is 0 Å². The molecule has 1 amide bonds. The molecule has 2 heterocycles. The number of fused-ring (bicyclic) bond motifs is 1. The zero-order valence-corrected chi connectivity index (χ0v) is 16.1. The van der Waals surface area contributed by atoms with Crippen LogP contribution in [0.25, 0.3) is 0 Å². The second-order valence-electron chi connectivity index (χ2n) is 6.23. The molecule has 6 heteroatoms. The number of carbonyl (C=O) groups excluding carboxylic acids is 2. The van der Waals surface area contributed by atoms with Crippen molar-refractivity contribution in [1.29, 1.82) is 0 Å². The van der Waals surface area contributed by atoms with Crippen LogP contribution in [0.5, 0.6) is 0 Å². The van der Waals surface area contributed by atoms with E-state index in [1.807, 2.05) is 19.9 Å². The van der Waals surface area contributed by atoms with Crippen molar-refractivity contribution < 1.29 is 9.59 Å². The molecule has 1 aromatic carbocycles. The molecule has 0 atom stereocenters. The summed E-state index contributed by atoms with van der Waals surface area (Å²) in [5.41, 5.74) is 4.50. The molecule has 1 aromatic heterocycles. The monoisotopic (exact) mass is 378 g/mol. The number of halogens is 1. The minimum Gasteiger partial charge on any atom is -0.352 e. The standard InChI is InChI=1S/C19H22N2O2S.ClH/c1-12-7-17(13(2)24-12)18(22)5-6-19(23)21-9-14-3-4-15-10-20-11-16(15)8-14;/h3-4,7-8,20H,5-6,9-11H2,1-2H3,(H,21,23);1H. The molecule has 0 radical (unpaired) electrons. The molecule has 4 nitrogen and oxygen atoms in total. The van der Waals surface area contributed by atoms with Crippen LogP contribution in [0, 0.1) is 13.8 Å². The van der Waals surface area contributed by atoms with Crippen molar-refractivity contribution in [2.75, 3.05) is 0 Å². The maximum atomic E-state index is 12.2. The minimum atomic E-state index is -0.0772. The predicted molar refractivity (Wildman–Crippen MR) is 103 cm³/mol. The average Bonchev–Trinajstić information content (AvgIpc) is 3.15. The number of carbonyl (C=O) groups is 2. The molecule has 134 valence electrons. The number of Topliss-reactive ketones (excluding diaryl/α,β-unsaturated/α-hetero) is 1. The van der Waals surface area contributed by atoms with Gasteiger partial charge < -0.3 is 10.6 Å². The second kappa shape index (κ2) is 8.61. The molecule has 3 rings (SSSR count). The number of nitrogens with one attached hydrogen (secondary N) is 2. The van der Waals surface area contributed by atoms with Gasteiger partial charge in [0.25, 0.3) is 0 Å². The van der Waals surface area contributed by atoms with Crippen molar-refractivity contribution in [2.45, 2.75) is 46.3 Å². The molecule has 1 aliphatic heterocycles. The first-order chi connectivity index (χ1) is 11.5. The van der Waals surface area contributed by atoms with Gasteiger partial charge in [-0.1, -0.05) is 18.2 Å². The van der Waals surface area contributed by atoms with E-state index in [1.54, 1.807) is 11.3 Å². The van der Waals surface area contributed by atoms with Crippen LogP contribution in [0.15, 0.2) is 24.3 Å². The average molecular weight is 379 g/mol. The van der Waals surface area contributed by atoms with Crippen LogP contribution in [0.4, 0.5) is 0 Å². The Labute approximate surface area is 158 Å². The summed E-state index contributed by atoms with van der Waals surface area (Å²) in [6, 6.07) is 8.22. The number of benzene rings is 1. The van der Waals surface area contributed by atoms with Crippen LogP contribution in [-0.4, -0.2) is 11.7 Å². The summed E-state index contributed by atoms with van der Waals surface area (Å²) < 4.78 is 0. The highest BCUT2D eigenvalue weighted by atomic mass is 35.5. The van der Waals surface area contributed by atoms with Gasteiger partial charge in [0.05, 0.1) is 0 Å². The highest BCUT2D eigenvalue weighted by Gasteiger charge is 2.14. The van der Waals surface area contributed by atoms with Crippen molar-refractivity contribution >= 4 is 35.4 Å². The third kappa shape index (κ3) is 4.91. The molecule has 25 heavy (non-hydrogen) atoms. The van der Waals surface area contributed by atoms with E-state index in [-0.39, 0.29) is 36.9 Å². The first-order valence-corrected chi connectivity index (χ1v) is 9.03. The van der Waals surface area contributed by atoms with Crippen LogP contribution in [0.3, 0.4) is 0 Å². The van der Waals surface area contributed by atoms with Gasteiger partial charge >= 0.3 is 0 Å². The number of rotatable bonds is 6. The number of thiophene rings is 1. The molecule has 0 fully saturated rings. The lowest BCUT2D eigenvalue weighted by atomic mass is 10.1. The largest absolute Gasteiger partial charge is 0.352 e. The lowest BCUT2D eigenvalue weighted by Gasteiger charge is -2.07. The molecule has 0 saturated carbocycles. The molecule has 0 unspecified atom stereocenters. The summed E-state index contributed by atoms with van der Waals surface area (Å²) in [6.07, 6.45) is 0.497. The number of hydrogen-bond donors (Lipinski definition) is 2. The van der Waals surface area contributed by atoms with E-state index in [4.69, 9.17) is 0 Å². The lowest BCUT2D eigenvalue weighted by molar-refractivity contribution is -0.121. The van der Waals surface area contributed by atoms with Gasteiger partial charge in [-0.25, -0.2) is 0 Å². The van der Waals surface area contributed by atoms with Gasteiger partial charge in [-0.2, -0.15) is 0 Å². The SMILES string of the molecule is Cc1cc(C(=O)CCC(=O)NCc2ccc3c(c2)CNC3)c(C)s1.Cl. The molecule has 0 aliphatic carbocycles. The molecular formula is C19H23ClN2O2S. The van der Waals surface area contributed by atoms with Gasteiger partial charge in [0, 0.05) is 47.8 Å². The summed E-state index contributed by atoms with van der Waals surface area (Å²) in [5, 5.41) is 6.22. The van der Waals surface area contributed by atoms with Crippen molar-refractivity contribution in [3.8, 4) is 0 Å². The quantitative estimate of drug-likeness (QED) is 0.754. The molecule has 0 spiro atoms. The predicted octanol–water partition coefficient (Wildman–Crippen LogP) is 3.67. The van der Waals surface area contributed by atoms with Gasteiger partial charge in [-0.15, -0.1) is 23.7 Å². The summed E-state index contributed by atoms with van der Waals surface area (Å²) in [6.45, 7) is 6.27. The van der Waals surface area contributed by atoms with Crippen LogP contribution < -0.4 is 10.6 Å². The topological polar surface area (TPSA) is 58.2 Å². The molecule has 2 aromatic rings. The molecule has 0 bridgehead atoms. The highest BCUT2D eigenvalue weighted by Crippen LogP contribution is 2.22. The van der Waals surface area contributed by atoms with Gasteiger partial charge in [-0.3, -0.25) is 9.59 Å².